The van der Waals surface area contributed by atoms with E-state index in [1.54, 1.807) is 0 Å². The van der Waals surface area contributed by atoms with Crippen LogP contribution in [0.2, 0.25) is 0 Å². The second kappa shape index (κ2) is 8.68. The molecular formula is C9H19ClN2OP2. The first-order chi connectivity index (χ1) is 7.00. The molecule has 0 aliphatic heterocycles. The van der Waals surface area contributed by atoms with Gasteiger partial charge in [-0.1, -0.05) is 11.2 Å². The van der Waals surface area contributed by atoms with Gasteiger partial charge in [0.1, 0.15) is 7.11 Å². The molecule has 0 aromatic carbocycles. The largest absolute Gasteiger partial charge is 0.354 e. The number of hydrogen-bond acceptors (Lipinski definition) is 3. The van der Waals surface area contributed by atoms with Gasteiger partial charge in [-0.15, -0.1) is 0 Å². The minimum atomic E-state index is -0.738. The molecule has 0 heterocycles. The molecule has 15 heavy (non-hydrogen) atoms. The van der Waals surface area contributed by atoms with Crippen molar-refractivity contribution in [2.45, 2.75) is 46.2 Å². The van der Waals surface area contributed by atoms with E-state index in [1.807, 2.05) is 6.07 Å². The minimum absolute atomic E-state index is 0.287. The number of rotatable bonds is 7. The Balaban J connectivity index is 3.94. The average Bonchev–Trinajstić information content (AvgIpc) is 2.11. The zero-order valence-electron chi connectivity index (χ0n) is 9.70. The molecule has 0 amide bonds. The van der Waals surface area contributed by atoms with Crippen molar-refractivity contribution in [3.63, 3.8) is 0 Å². The van der Waals surface area contributed by atoms with Crippen LogP contribution in [0.25, 0.3) is 0 Å². The van der Waals surface area contributed by atoms with Crippen LogP contribution in [-0.4, -0.2) is 23.4 Å². The number of nitrogens with zero attached hydrogens (tertiary/aromatic N) is 2. The molecule has 0 saturated heterocycles. The predicted molar refractivity (Wildman–Crippen MR) is 69.4 cm³/mol. The summed E-state index contributed by atoms with van der Waals surface area (Å²) in [5.41, 5.74) is 0. The van der Waals surface area contributed by atoms with Crippen LogP contribution in [-0.2, 0) is 4.52 Å². The molecule has 88 valence electrons. The molecule has 0 rings (SSSR count). The molecule has 0 fully saturated rings. The first-order valence-corrected chi connectivity index (χ1v) is 8.94. The Morgan fingerprint density at radius 1 is 1.40 bits per heavy atom. The Bertz CT molecular complexity index is 201. The summed E-state index contributed by atoms with van der Waals surface area (Å²) in [6.07, 6.45) is 0.441. The van der Waals surface area contributed by atoms with Crippen molar-refractivity contribution in [1.82, 2.24) is 4.67 Å². The fraction of sp³-hybridized carbons (Fsp3) is 0.889. The second-order valence-electron chi connectivity index (χ2n) is 3.68. The highest BCUT2D eigenvalue weighted by molar-refractivity contribution is 8.30. The van der Waals surface area contributed by atoms with Gasteiger partial charge in [0.25, 0.3) is 0 Å². The molecule has 6 heteroatoms. The first-order valence-electron chi connectivity index (χ1n) is 4.99. The lowest BCUT2D eigenvalue weighted by Crippen LogP contribution is -2.30. The first kappa shape index (κ1) is 15.6. The molecule has 0 spiro atoms. The normalized spacial score (nSPS) is 14.3. The van der Waals surface area contributed by atoms with E-state index < -0.39 is 7.11 Å². The van der Waals surface area contributed by atoms with Gasteiger partial charge < -0.3 is 4.52 Å². The Morgan fingerprint density at radius 2 is 1.93 bits per heavy atom. The van der Waals surface area contributed by atoms with Crippen LogP contribution < -0.4 is 0 Å². The molecule has 0 aliphatic rings. The third-order valence-corrected chi connectivity index (χ3v) is 6.21. The number of halogens is 1. The lowest BCUT2D eigenvalue weighted by molar-refractivity contribution is 0.327. The summed E-state index contributed by atoms with van der Waals surface area (Å²) in [4.78, 5) is 0. The smallest absolute Gasteiger partial charge is 0.113 e. The van der Waals surface area contributed by atoms with Crippen molar-refractivity contribution in [2.24, 2.45) is 0 Å². The third kappa shape index (κ3) is 6.67. The van der Waals surface area contributed by atoms with Gasteiger partial charge in [0.05, 0.1) is 27.6 Å². The van der Waals surface area contributed by atoms with E-state index in [0.717, 1.165) is 0 Å². The van der Waals surface area contributed by atoms with Gasteiger partial charge in [0.15, 0.2) is 0 Å². The fourth-order valence-corrected chi connectivity index (χ4v) is 6.20. The van der Waals surface area contributed by atoms with Crippen LogP contribution in [0.3, 0.4) is 0 Å². The van der Waals surface area contributed by atoms with E-state index in [0.29, 0.717) is 25.1 Å². The lowest BCUT2D eigenvalue weighted by Gasteiger charge is -2.33. The summed E-state index contributed by atoms with van der Waals surface area (Å²) in [5.74, 6) is 0. The van der Waals surface area contributed by atoms with Crippen molar-refractivity contribution >= 4 is 26.9 Å². The van der Waals surface area contributed by atoms with E-state index >= 15 is 0 Å². The quantitative estimate of drug-likeness (QED) is 0.515. The van der Waals surface area contributed by atoms with Crippen LogP contribution in [0.15, 0.2) is 0 Å². The summed E-state index contributed by atoms with van der Waals surface area (Å²) < 4.78 is 7.64. The van der Waals surface area contributed by atoms with Crippen LogP contribution in [0.4, 0.5) is 0 Å². The standard InChI is InChI=1S/C9H19ClN2OP2/c1-8(2)12(9(3)4)15(10)14-13-7-5-6-11/h8-9,14H,5,7H2,1-4H3. The molecule has 0 bridgehead atoms. The summed E-state index contributed by atoms with van der Waals surface area (Å²) in [6, 6.07) is 2.91. The third-order valence-electron chi connectivity index (χ3n) is 1.72. The summed E-state index contributed by atoms with van der Waals surface area (Å²) in [5, 5.41) is 8.35. The zero-order valence-corrected chi connectivity index (χ0v) is 12.3. The Morgan fingerprint density at radius 3 is 2.33 bits per heavy atom. The van der Waals surface area contributed by atoms with Crippen molar-refractivity contribution in [3.8, 4) is 6.07 Å². The molecule has 0 radical (unpaired) electrons. The molecule has 0 aromatic rings. The van der Waals surface area contributed by atoms with Gasteiger partial charge in [-0.05, 0) is 27.7 Å². The van der Waals surface area contributed by atoms with E-state index in [2.05, 4.69) is 32.4 Å². The minimum Gasteiger partial charge on any atom is -0.354 e. The van der Waals surface area contributed by atoms with Crippen molar-refractivity contribution < 1.29 is 4.52 Å². The fourth-order valence-electron chi connectivity index (χ4n) is 1.24. The second-order valence-corrected chi connectivity index (χ2v) is 8.76. The highest BCUT2D eigenvalue weighted by Gasteiger charge is 2.22. The molecule has 0 saturated carbocycles. The average molecular weight is 269 g/mol. The maximum atomic E-state index is 8.35. The zero-order chi connectivity index (χ0) is 11.8. The van der Waals surface area contributed by atoms with Crippen molar-refractivity contribution in [1.29, 1.82) is 5.26 Å². The van der Waals surface area contributed by atoms with Gasteiger partial charge in [-0.3, -0.25) is 4.67 Å². The monoisotopic (exact) mass is 268 g/mol. The SMILES string of the molecule is CC(C)N(C(C)C)P(Cl)POCCC#N. The lowest BCUT2D eigenvalue weighted by atomic mass is 10.3. The molecule has 0 aliphatic carbocycles. The van der Waals surface area contributed by atoms with E-state index in [9.17, 15) is 0 Å². The predicted octanol–water partition coefficient (Wildman–Crippen LogP) is 4.09. The summed E-state index contributed by atoms with van der Waals surface area (Å²) in [7, 11) is -0.451. The molecule has 0 N–H and O–H groups in total. The van der Waals surface area contributed by atoms with Gasteiger partial charge in [0, 0.05) is 12.1 Å². The molecule has 2 atom stereocenters. The highest BCUT2D eigenvalue weighted by atomic mass is 35.7. The molecular weight excluding hydrogens is 250 g/mol. The molecule has 0 aromatic heterocycles. The van der Waals surface area contributed by atoms with Gasteiger partial charge in [-0.25, -0.2) is 0 Å². The van der Waals surface area contributed by atoms with Gasteiger partial charge in [-0.2, -0.15) is 5.26 Å². The highest BCUT2D eigenvalue weighted by Crippen LogP contribution is 2.64. The van der Waals surface area contributed by atoms with E-state index in [1.165, 1.54) is 0 Å². The molecule has 2 unspecified atom stereocenters. The van der Waals surface area contributed by atoms with Crippen molar-refractivity contribution in [2.75, 3.05) is 6.61 Å². The number of hydrogen-bond donors (Lipinski definition) is 0. The van der Waals surface area contributed by atoms with Crippen molar-refractivity contribution in [3.05, 3.63) is 0 Å². The van der Waals surface area contributed by atoms with Crippen LogP contribution in [0.1, 0.15) is 34.1 Å². The van der Waals surface area contributed by atoms with E-state index in [4.69, 9.17) is 21.0 Å². The summed E-state index contributed by atoms with van der Waals surface area (Å²) in [6.45, 7) is 9.04. The Hall–Kier alpha value is 0.560. The van der Waals surface area contributed by atoms with Crippen LogP contribution in [0, 0.1) is 11.3 Å². The maximum Gasteiger partial charge on any atom is 0.113 e. The maximum absolute atomic E-state index is 8.35. The number of nitriles is 1. The van der Waals surface area contributed by atoms with E-state index in [-0.39, 0.29) is 8.50 Å². The van der Waals surface area contributed by atoms with Crippen LogP contribution in [0.5, 0.6) is 0 Å². The molecule has 3 nitrogen and oxygen atoms in total. The van der Waals surface area contributed by atoms with Gasteiger partial charge in [0.2, 0.25) is 0 Å². The Labute approximate surface area is 100 Å². The summed E-state index contributed by atoms with van der Waals surface area (Å²) >= 11 is 6.31. The topological polar surface area (TPSA) is 36.3 Å². The Kier molecular flexibility index (Phi) is 9.01. The van der Waals surface area contributed by atoms with Crippen LogP contribution >= 0.6 is 26.9 Å². The van der Waals surface area contributed by atoms with Gasteiger partial charge >= 0.3 is 0 Å².